The fourth-order valence-corrected chi connectivity index (χ4v) is 1.96. The first-order valence-electron chi connectivity index (χ1n) is 5.51. The van der Waals surface area contributed by atoms with Crippen LogP contribution in [0.1, 0.15) is 18.4 Å². The van der Waals surface area contributed by atoms with E-state index in [4.69, 9.17) is 4.74 Å². The van der Waals surface area contributed by atoms with Crippen molar-refractivity contribution in [1.82, 2.24) is 9.88 Å². The number of hydrogen-bond donors (Lipinski definition) is 0. The van der Waals surface area contributed by atoms with Gasteiger partial charge in [-0.25, -0.2) is 4.98 Å². The Bertz CT molecular complexity index is 327. The smallest absolute Gasteiger partial charge is 0.213 e. The van der Waals surface area contributed by atoms with Crippen molar-refractivity contribution in [1.29, 1.82) is 0 Å². The molecule has 1 fully saturated rings. The highest BCUT2D eigenvalue weighted by atomic mass is 16.5. The molecule has 1 aliphatic heterocycles. The lowest BCUT2D eigenvalue weighted by atomic mass is 10.2. The molecule has 0 amide bonds. The molecule has 1 aliphatic rings. The van der Waals surface area contributed by atoms with Crippen LogP contribution >= 0.6 is 0 Å². The summed E-state index contributed by atoms with van der Waals surface area (Å²) in [6.07, 6.45) is 4.32. The van der Waals surface area contributed by atoms with Gasteiger partial charge in [-0.1, -0.05) is 0 Å². The molecule has 0 bridgehead atoms. The van der Waals surface area contributed by atoms with Crippen molar-refractivity contribution in [2.75, 3.05) is 20.2 Å². The summed E-state index contributed by atoms with van der Waals surface area (Å²) in [5.74, 6) is 0.746. The summed E-state index contributed by atoms with van der Waals surface area (Å²) in [5.41, 5.74) is 1.19. The van der Waals surface area contributed by atoms with Crippen molar-refractivity contribution in [3.05, 3.63) is 23.9 Å². The average molecular weight is 206 g/mol. The third kappa shape index (κ3) is 2.69. The van der Waals surface area contributed by atoms with Crippen LogP contribution in [0.3, 0.4) is 0 Å². The molecule has 0 saturated carbocycles. The molecule has 0 aromatic carbocycles. The third-order valence-electron chi connectivity index (χ3n) is 2.99. The van der Waals surface area contributed by atoms with E-state index in [1.54, 1.807) is 6.20 Å². The predicted molar refractivity (Wildman–Crippen MR) is 60.1 cm³/mol. The van der Waals surface area contributed by atoms with Gasteiger partial charge in [0.1, 0.15) is 6.61 Å². The number of ether oxygens (including phenoxy) is 1. The lowest BCUT2D eigenvalue weighted by Crippen LogP contribution is -2.30. The number of hydrogen-bond acceptors (Lipinski definition) is 3. The minimum Gasteiger partial charge on any atom is -0.476 e. The van der Waals surface area contributed by atoms with Crippen LogP contribution in [0.2, 0.25) is 0 Å². The van der Waals surface area contributed by atoms with Gasteiger partial charge < -0.3 is 9.64 Å². The molecule has 0 unspecified atom stereocenters. The molecular formula is C12H18N2O. The van der Waals surface area contributed by atoms with Crippen LogP contribution in [0.25, 0.3) is 0 Å². The Labute approximate surface area is 91.1 Å². The molecule has 0 radical (unpaired) electrons. The van der Waals surface area contributed by atoms with Crippen LogP contribution in [0, 0.1) is 6.92 Å². The molecule has 0 spiro atoms. The summed E-state index contributed by atoms with van der Waals surface area (Å²) < 4.78 is 5.69. The molecule has 82 valence electrons. The van der Waals surface area contributed by atoms with E-state index in [9.17, 15) is 0 Å². The fraction of sp³-hybridized carbons (Fsp3) is 0.583. The van der Waals surface area contributed by atoms with Gasteiger partial charge >= 0.3 is 0 Å². The number of aryl methyl sites for hydroxylation is 1. The minimum absolute atomic E-state index is 0.562. The Morgan fingerprint density at radius 1 is 1.60 bits per heavy atom. The minimum atomic E-state index is 0.562. The molecule has 15 heavy (non-hydrogen) atoms. The average Bonchev–Trinajstić information content (AvgIpc) is 2.61. The second-order valence-electron chi connectivity index (χ2n) is 4.26. The highest BCUT2D eigenvalue weighted by Crippen LogP contribution is 2.16. The zero-order valence-electron chi connectivity index (χ0n) is 9.44. The molecule has 1 aromatic heterocycles. The van der Waals surface area contributed by atoms with Crippen LogP contribution in [0.4, 0.5) is 0 Å². The second kappa shape index (κ2) is 4.62. The highest BCUT2D eigenvalue weighted by molar-refractivity contribution is 5.18. The Morgan fingerprint density at radius 2 is 2.47 bits per heavy atom. The summed E-state index contributed by atoms with van der Waals surface area (Å²) >= 11 is 0. The lowest BCUT2D eigenvalue weighted by Gasteiger charge is -2.19. The Kier molecular flexibility index (Phi) is 3.21. The molecule has 3 heteroatoms. The van der Waals surface area contributed by atoms with E-state index in [2.05, 4.69) is 23.9 Å². The second-order valence-corrected chi connectivity index (χ2v) is 4.26. The quantitative estimate of drug-likeness (QED) is 0.755. The van der Waals surface area contributed by atoms with Crippen LogP contribution in [0.15, 0.2) is 18.3 Å². The van der Waals surface area contributed by atoms with Crippen LogP contribution in [0.5, 0.6) is 5.88 Å². The summed E-state index contributed by atoms with van der Waals surface area (Å²) in [6.45, 7) is 4.00. The van der Waals surface area contributed by atoms with Crippen molar-refractivity contribution in [2.24, 2.45) is 0 Å². The van der Waals surface area contributed by atoms with Crippen LogP contribution in [-0.2, 0) is 0 Å². The van der Waals surface area contributed by atoms with E-state index >= 15 is 0 Å². The first-order valence-corrected chi connectivity index (χ1v) is 5.51. The zero-order chi connectivity index (χ0) is 10.7. The number of aromatic nitrogens is 1. The molecule has 0 aliphatic carbocycles. The van der Waals surface area contributed by atoms with E-state index < -0.39 is 0 Å². The maximum absolute atomic E-state index is 5.69. The zero-order valence-corrected chi connectivity index (χ0v) is 9.44. The summed E-state index contributed by atoms with van der Waals surface area (Å²) in [6, 6.07) is 4.52. The predicted octanol–water partition coefficient (Wildman–Crippen LogP) is 1.86. The normalized spacial score (nSPS) is 21.9. The Balaban J connectivity index is 1.87. The largest absolute Gasteiger partial charge is 0.476 e. The van der Waals surface area contributed by atoms with E-state index in [1.807, 2.05) is 12.1 Å². The van der Waals surface area contributed by atoms with Gasteiger partial charge in [-0.3, -0.25) is 0 Å². The molecule has 2 rings (SSSR count). The first-order chi connectivity index (χ1) is 7.25. The number of rotatable bonds is 3. The van der Waals surface area contributed by atoms with Gasteiger partial charge in [0.05, 0.1) is 0 Å². The maximum atomic E-state index is 5.69. The Morgan fingerprint density at radius 3 is 3.13 bits per heavy atom. The topological polar surface area (TPSA) is 25.4 Å². The molecule has 1 saturated heterocycles. The van der Waals surface area contributed by atoms with Crippen molar-refractivity contribution >= 4 is 0 Å². The monoisotopic (exact) mass is 206 g/mol. The van der Waals surface area contributed by atoms with Gasteiger partial charge in [0.2, 0.25) is 5.88 Å². The molecule has 0 N–H and O–H groups in total. The summed E-state index contributed by atoms with van der Waals surface area (Å²) in [7, 11) is 2.16. The van der Waals surface area contributed by atoms with E-state index in [0.717, 1.165) is 12.5 Å². The Hall–Kier alpha value is -1.09. The molecular weight excluding hydrogens is 188 g/mol. The van der Waals surface area contributed by atoms with Gasteiger partial charge in [0.25, 0.3) is 0 Å². The van der Waals surface area contributed by atoms with E-state index in [-0.39, 0.29) is 0 Å². The van der Waals surface area contributed by atoms with E-state index in [1.165, 1.54) is 24.9 Å². The fourth-order valence-electron chi connectivity index (χ4n) is 1.96. The van der Waals surface area contributed by atoms with Crippen LogP contribution < -0.4 is 4.74 Å². The lowest BCUT2D eigenvalue weighted by molar-refractivity contribution is 0.193. The third-order valence-corrected chi connectivity index (χ3v) is 2.99. The van der Waals surface area contributed by atoms with Crippen molar-refractivity contribution in [3.63, 3.8) is 0 Å². The van der Waals surface area contributed by atoms with Gasteiger partial charge in [-0.15, -0.1) is 0 Å². The van der Waals surface area contributed by atoms with Gasteiger partial charge in [-0.2, -0.15) is 0 Å². The number of pyridine rings is 1. The van der Waals surface area contributed by atoms with Crippen molar-refractivity contribution in [3.8, 4) is 5.88 Å². The maximum Gasteiger partial charge on any atom is 0.213 e. The molecule has 1 aromatic rings. The standard InChI is InChI=1S/C12H18N2O/c1-10-5-6-13-12(8-10)15-9-11-4-3-7-14(11)2/h5-6,8,11H,3-4,7,9H2,1-2H3/t11-/m1/s1. The number of likely N-dealkylation sites (tertiary alicyclic amines) is 1. The molecule has 2 heterocycles. The number of nitrogens with zero attached hydrogens (tertiary/aromatic N) is 2. The van der Waals surface area contributed by atoms with Crippen molar-refractivity contribution in [2.45, 2.75) is 25.8 Å². The summed E-state index contributed by atoms with van der Waals surface area (Å²) in [4.78, 5) is 6.54. The number of likely N-dealkylation sites (N-methyl/N-ethyl adjacent to an activating group) is 1. The molecule has 1 atom stereocenters. The molecule has 3 nitrogen and oxygen atoms in total. The van der Waals surface area contributed by atoms with Gasteiger partial charge in [0.15, 0.2) is 0 Å². The van der Waals surface area contributed by atoms with Crippen molar-refractivity contribution < 1.29 is 4.74 Å². The van der Waals surface area contributed by atoms with Crippen LogP contribution in [-0.4, -0.2) is 36.1 Å². The van der Waals surface area contributed by atoms with Gasteiger partial charge in [-0.05, 0) is 45.0 Å². The first kappa shape index (κ1) is 10.4. The van der Waals surface area contributed by atoms with Gasteiger partial charge in [0, 0.05) is 18.3 Å². The van der Waals surface area contributed by atoms with E-state index in [0.29, 0.717) is 6.04 Å². The highest BCUT2D eigenvalue weighted by Gasteiger charge is 2.21. The summed E-state index contributed by atoms with van der Waals surface area (Å²) in [5, 5.41) is 0. The SMILES string of the molecule is Cc1ccnc(OC[C@H]2CCCN2C)c1.